The van der Waals surface area contributed by atoms with Crippen LogP contribution in [-0.2, 0) is 0 Å². The van der Waals surface area contributed by atoms with Crippen LogP contribution >= 0.6 is 39.9 Å². The van der Waals surface area contributed by atoms with Gasteiger partial charge in [-0.1, -0.05) is 17.7 Å². The van der Waals surface area contributed by atoms with Crippen molar-refractivity contribution in [3.63, 3.8) is 0 Å². The van der Waals surface area contributed by atoms with Crippen molar-refractivity contribution >= 4 is 50.7 Å². The molecule has 0 fully saturated rings. The first kappa shape index (κ1) is 13.9. The number of halogens is 2. The van der Waals surface area contributed by atoms with Crippen LogP contribution in [-0.4, -0.2) is 9.91 Å². The van der Waals surface area contributed by atoms with Crippen molar-refractivity contribution in [2.45, 2.75) is 0 Å². The van der Waals surface area contributed by atoms with E-state index in [1.165, 1.54) is 23.5 Å². The molecule has 2 N–H and O–H groups in total. The van der Waals surface area contributed by atoms with Crippen molar-refractivity contribution in [2.24, 2.45) is 0 Å². The summed E-state index contributed by atoms with van der Waals surface area (Å²) in [5.41, 5.74) is 6.60. The molecule has 0 saturated heterocycles. The molecule has 1 aromatic carbocycles. The highest BCUT2D eigenvalue weighted by Gasteiger charge is 2.14. The van der Waals surface area contributed by atoms with Crippen molar-refractivity contribution in [3.05, 3.63) is 38.7 Å². The molecule has 0 radical (unpaired) electrons. The van der Waals surface area contributed by atoms with Gasteiger partial charge in [0.2, 0.25) is 0 Å². The molecule has 17 heavy (non-hydrogen) atoms. The molecule has 0 saturated carbocycles. The highest BCUT2D eigenvalue weighted by molar-refractivity contribution is 8.93. The number of thiazole rings is 1. The molecule has 0 atom stereocenters. The number of nitro groups is 1. The van der Waals surface area contributed by atoms with Crippen LogP contribution < -0.4 is 5.73 Å². The zero-order valence-electron chi connectivity index (χ0n) is 8.29. The van der Waals surface area contributed by atoms with Crippen LogP contribution in [0.3, 0.4) is 0 Å². The maximum atomic E-state index is 10.7. The summed E-state index contributed by atoms with van der Waals surface area (Å²) in [6.07, 6.45) is 0. The number of nitro benzene ring substituents is 1. The fourth-order valence-corrected chi connectivity index (χ4v) is 1.99. The average Bonchev–Trinajstić information content (AvgIpc) is 2.65. The predicted molar refractivity (Wildman–Crippen MR) is 73.9 cm³/mol. The molecule has 1 aromatic heterocycles. The van der Waals surface area contributed by atoms with Crippen LogP contribution in [0.5, 0.6) is 0 Å². The Bertz CT molecular complexity index is 561. The molecule has 0 unspecified atom stereocenters. The van der Waals surface area contributed by atoms with Gasteiger partial charge in [0.05, 0.1) is 10.6 Å². The molecule has 0 aliphatic heterocycles. The molecule has 90 valence electrons. The molecule has 8 heteroatoms. The number of anilines is 1. The molecule has 0 aliphatic rings. The third-order valence-electron chi connectivity index (χ3n) is 1.96. The lowest BCUT2D eigenvalue weighted by Crippen LogP contribution is -1.90. The van der Waals surface area contributed by atoms with Crippen LogP contribution in [0.15, 0.2) is 23.6 Å². The Morgan fingerprint density at radius 3 is 2.71 bits per heavy atom. The average molecular weight is 337 g/mol. The van der Waals surface area contributed by atoms with E-state index in [0.29, 0.717) is 16.4 Å². The summed E-state index contributed by atoms with van der Waals surface area (Å²) >= 11 is 6.98. The quantitative estimate of drug-likeness (QED) is 0.672. The SMILES string of the molecule is Br.Nc1nc(-c2ccc(Cl)c([N+](=O)[O-])c2)cs1. The van der Waals surface area contributed by atoms with Gasteiger partial charge in [-0.3, -0.25) is 10.1 Å². The lowest BCUT2D eigenvalue weighted by atomic mass is 10.1. The van der Waals surface area contributed by atoms with Gasteiger partial charge >= 0.3 is 0 Å². The fourth-order valence-electron chi connectivity index (χ4n) is 1.23. The van der Waals surface area contributed by atoms with E-state index >= 15 is 0 Å². The number of benzene rings is 1. The molecule has 0 amide bonds. The predicted octanol–water partition coefficient (Wildman–Crippen LogP) is 3.53. The van der Waals surface area contributed by atoms with Gasteiger partial charge in [-0.25, -0.2) is 4.98 Å². The lowest BCUT2D eigenvalue weighted by molar-refractivity contribution is -0.384. The van der Waals surface area contributed by atoms with Gasteiger partial charge in [-0.05, 0) is 6.07 Å². The number of aromatic nitrogens is 1. The molecule has 5 nitrogen and oxygen atoms in total. The standard InChI is InChI=1S/C9H6ClN3O2S.BrH/c10-6-2-1-5(3-8(6)13(14)15)7-4-16-9(11)12-7;/h1-4H,(H2,11,12);1H. The summed E-state index contributed by atoms with van der Waals surface area (Å²) in [6.45, 7) is 0. The molecule has 1 heterocycles. The molecule has 0 bridgehead atoms. The van der Waals surface area contributed by atoms with Crippen LogP contribution in [0.25, 0.3) is 11.3 Å². The normalized spacial score (nSPS) is 9.71. The van der Waals surface area contributed by atoms with Gasteiger partial charge in [-0.2, -0.15) is 0 Å². The number of rotatable bonds is 2. The van der Waals surface area contributed by atoms with Gasteiger partial charge in [-0.15, -0.1) is 28.3 Å². The third-order valence-corrected chi connectivity index (χ3v) is 2.95. The van der Waals surface area contributed by atoms with Crippen molar-refractivity contribution < 1.29 is 4.92 Å². The van der Waals surface area contributed by atoms with Crippen LogP contribution in [0.2, 0.25) is 5.02 Å². The van der Waals surface area contributed by atoms with Crippen LogP contribution in [0.4, 0.5) is 10.8 Å². The van der Waals surface area contributed by atoms with Crippen LogP contribution in [0.1, 0.15) is 0 Å². The number of nitrogens with two attached hydrogens (primary N) is 1. The zero-order chi connectivity index (χ0) is 11.7. The van der Waals surface area contributed by atoms with Crippen molar-refractivity contribution in [3.8, 4) is 11.3 Å². The Kier molecular flexibility index (Phi) is 4.44. The Morgan fingerprint density at radius 2 is 2.18 bits per heavy atom. The van der Waals surface area contributed by atoms with E-state index < -0.39 is 4.92 Å². The summed E-state index contributed by atoms with van der Waals surface area (Å²) in [6, 6.07) is 4.53. The summed E-state index contributed by atoms with van der Waals surface area (Å²) in [4.78, 5) is 14.2. The van der Waals surface area contributed by atoms with E-state index in [4.69, 9.17) is 17.3 Å². The fraction of sp³-hybridized carbons (Fsp3) is 0. The van der Waals surface area contributed by atoms with Gasteiger partial charge in [0.25, 0.3) is 5.69 Å². The minimum atomic E-state index is -0.526. The highest BCUT2D eigenvalue weighted by Crippen LogP contribution is 2.31. The Labute approximate surface area is 116 Å². The number of hydrogen-bond donors (Lipinski definition) is 1. The van der Waals surface area contributed by atoms with E-state index in [9.17, 15) is 10.1 Å². The molecule has 0 spiro atoms. The number of nitrogen functional groups attached to an aromatic ring is 1. The largest absolute Gasteiger partial charge is 0.375 e. The van der Waals surface area contributed by atoms with E-state index in [0.717, 1.165) is 0 Å². The second-order valence-corrected chi connectivity index (χ2v) is 4.29. The summed E-state index contributed by atoms with van der Waals surface area (Å²) in [7, 11) is 0. The zero-order valence-corrected chi connectivity index (χ0v) is 11.6. The van der Waals surface area contributed by atoms with E-state index in [-0.39, 0.29) is 27.7 Å². The minimum absolute atomic E-state index is 0. The first-order chi connectivity index (χ1) is 7.58. The highest BCUT2D eigenvalue weighted by atomic mass is 79.9. The van der Waals surface area contributed by atoms with Gasteiger partial charge in [0, 0.05) is 17.0 Å². The molecule has 2 rings (SSSR count). The maximum absolute atomic E-state index is 10.7. The summed E-state index contributed by atoms with van der Waals surface area (Å²) in [5.74, 6) is 0. The van der Waals surface area contributed by atoms with E-state index in [2.05, 4.69) is 4.98 Å². The molecule has 2 aromatic rings. The second-order valence-electron chi connectivity index (χ2n) is 2.99. The lowest BCUT2D eigenvalue weighted by Gasteiger charge is -1.98. The topological polar surface area (TPSA) is 82.0 Å². The molecular weight excluding hydrogens is 330 g/mol. The molecule has 0 aliphatic carbocycles. The van der Waals surface area contributed by atoms with Gasteiger partial charge < -0.3 is 5.73 Å². The monoisotopic (exact) mass is 335 g/mol. The number of hydrogen-bond acceptors (Lipinski definition) is 5. The number of nitrogens with zero attached hydrogens (tertiary/aromatic N) is 2. The summed E-state index contributed by atoms with van der Waals surface area (Å²) < 4.78 is 0. The first-order valence-corrected chi connectivity index (χ1v) is 5.49. The van der Waals surface area contributed by atoms with Crippen molar-refractivity contribution in [1.29, 1.82) is 0 Å². The van der Waals surface area contributed by atoms with Crippen molar-refractivity contribution in [1.82, 2.24) is 4.98 Å². The Hall–Kier alpha value is -1.18. The molecular formula is C9H7BrClN3O2S. The van der Waals surface area contributed by atoms with Crippen molar-refractivity contribution in [2.75, 3.05) is 5.73 Å². The summed E-state index contributed by atoms with van der Waals surface area (Å²) in [5, 5.41) is 13.0. The van der Waals surface area contributed by atoms with Gasteiger partial charge in [0.1, 0.15) is 5.02 Å². The van der Waals surface area contributed by atoms with E-state index in [1.807, 2.05) is 0 Å². The second kappa shape index (κ2) is 5.44. The maximum Gasteiger partial charge on any atom is 0.288 e. The Morgan fingerprint density at radius 1 is 1.47 bits per heavy atom. The first-order valence-electron chi connectivity index (χ1n) is 4.23. The van der Waals surface area contributed by atoms with Gasteiger partial charge in [0.15, 0.2) is 5.13 Å². The smallest absolute Gasteiger partial charge is 0.288 e. The minimum Gasteiger partial charge on any atom is -0.375 e. The van der Waals surface area contributed by atoms with E-state index in [1.54, 1.807) is 11.4 Å². The Balaban J connectivity index is 0.00000144. The third kappa shape index (κ3) is 2.93. The van der Waals surface area contributed by atoms with Crippen LogP contribution in [0, 0.1) is 10.1 Å².